The van der Waals surface area contributed by atoms with E-state index in [2.05, 4.69) is 23.9 Å². The van der Waals surface area contributed by atoms with Crippen molar-refractivity contribution in [2.75, 3.05) is 0 Å². The smallest absolute Gasteiger partial charge is 0.196 e. The molecule has 4 nitrogen and oxygen atoms in total. The Hall–Kier alpha value is -1.19. The predicted octanol–water partition coefficient (Wildman–Crippen LogP) is 1.14. The fourth-order valence-corrected chi connectivity index (χ4v) is 1.02. The summed E-state index contributed by atoms with van der Waals surface area (Å²) in [6.45, 7) is 6.40. The molecule has 4 heteroatoms. The van der Waals surface area contributed by atoms with Crippen LogP contribution in [-0.2, 0) is 6.54 Å². The zero-order chi connectivity index (χ0) is 9.14. The highest BCUT2D eigenvalue weighted by Gasteiger charge is 2.09. The maximum atomic E-state index is 11.0. The minimum absolute atomic E-state index is 0.0341. The number of hydrogen-bond acceptors (Lipinski definition) is 3. The first-order chi connectivity index (χ1) is 5.61. The molecule has 0 atom stereocenters. The van der Waals surface area contributed by atoms with E-state index in [9.17, 15) is 4.79 Å². The van der Waals surface area contributed by atoms with Gasteiger partial charge in [0.1, 0.15) is 6.33 Å². The third kappa shape index (κ3) is 1.90. The number of carbonyl (C=O) groups excluding carboxylic acids is 1. The van der Waals surface area contributed by atoms with Gasteiger partial charge in [-0.1, -0.05) is 13.8 Å². The average Bonchev–Trinajstić information content (AvgIpc) is 2.33. The van der Waals surface area contributed by atoms with Gasteiger partial charge >= 0.3 is 0 Å². The third-order valence-corrected chi connectivity index (χ3v) is 1.47. The van der Waals surface area contributed by atoms with Crippen molar-refractivity contribution in [3.63, 3.8) is 0 Å². The Morgan fingerprint density at radius 3 is 2.83 bits per heavy atom. The number of Topliss-reactive ketones (excluding diaryl/α,β-unsaturated/α-hetero) is 1. The van der Waals surface area contributed by atoms with Crippen LogP contribution in [0.15, 0.2) is 6.33 Å². The molecule has 0 aliphatic rings. The second-order valence-electron chi connectivity index (χ2n) is 3.22. The van der Waals surface area contributed by atoms with E-state index in [1.165, 1.54) is 13.3 Å². The highest BCUT2D eigenvalue weighted by molar-refractivity contribution is 5.90. The molecule has 1 rings (SSSR count). The molecule has 1 aromatic heterocycles. The standard InChI is InChI=1S/C8H13N3O/c1-6(2)4-11-8(7(3)12)9-5-10-11/h5-6H,4H2,1-3H3. The fourth-order valence-electron chi connectivity index (χ4n) is 1.02. The van der Waals surface area contributed by atoms with Crippen LogP contribution in [0.2, 0.25) is 0 Å². The highest BCUT2D eigenvalue weighted by atomic mass is 16.1. The molecule has 0 bridgehead atoms. The van der Waals surface area contributed by atoms with Crippen LogP contribution in [0, 0.1) is 5.92 Å². The lowest BCUT2D eigenvalue weighted by molar-refractivity contribution is 0.0997. The van der Waals surface area contributed by atoms with Crippen LogP contribution < -0.4 is 0 Å². The summed E-state index contributed by atoms with van der Waals surface area (Å²) < 4.78 is 1.65. The van der Waals surface area contributed by atoms with Crippen LogP contribution in [0.5, 0.6) is 0 Å². The first-order valence-electron chi connectivity index (χ1n) is 4.00. The number of rotatable bonds is 3. The minimum Gasteiger partial charge on any atom is -0.291 e. The number of nitrogens with zero attached hydrogens (tertiary/aromatic N) is 3. The lowest BCUT2D eigenvalue weighted by Gasteiger charge is -2.05. The summed E-state index contributed by atoms with van der Waals surface area (Å²) >= 11 is 0. The van der Waals surface area contributed by atoms with Crippen LogP contribution in [0.1, 0.15) is 31.4 Å². The molecule has 0 aromatic carbocycles. The average molecular weight is 167 g/mol. The van der Waals surface area contributed by atoms with E-state index in [0.29, 0.717) is 11.7 Å². The molecule has 1 aromatic rings. The van der Waals surface area contributed by atoms with Crippen molar-refractivity contribution in [3.8, 4) is 0 Å². The largest absolute Gasteiger partial charge is 0.291 e. The monoisotopic (exact) mass is 167 g/mol. The van der Waals surface area contributed by atoms with Crippen molar-refractivity contribution in [1.29, 1.82) is 0 Å². The number of ketones is 1. The van der Waals surface area contributed by atoms with Crippen molar-refractivity contribution < 1.29 is 4.79 Å². The van der Waals surface area contributed by atoms with Crippen LogP contribution in [0.25, 0.3) is 0 Å². The zero-order valence-electron chi connectivity index (χ0n) is 7.61. The van der Waals surface area contributed by atoms with Crippen molar-refractivity contribution in [3.05, 3.63) is 12.2 Å². The van der Waals surface area contributed by atoms with Crippen molar-refractivity contribution >= 4 is 5.78 Å². The SMILES string of the molecule is CC(=O)c1ncnn1CC(C)C. The summed E-state index contributed by atoms with van der Waals surface area (Å²) in [5.41, 5.74) is 0. The highest BCUT2D eigenvalue weighted by Crippen LogP contribution is 2.01. The molecule has 0 aliphatic carbocycles. The normalized spacial score (nSPS) is 10.7. The molecule has 0 unspecified atom stereocenters. The maximum Gasteiger partial charge on any atom is 0.196 e. The van der Waals surface area contributed by atoms with Crippen LogP contribution in [0.3, 0.4) is 0 Å². The van der Waals surface area contributed by atoms with E-state index in [1.54, 1.807) is 4.68 Å². The van der Waals surface area contributed by atoms with Gasteiger partial charge < -0.3 is 0 Å². The summed E-state index contributed by atoms with van der Waals surface area (Å²) in [6.07, 6.45) is 1.42. The van der Waals surface area contributed by atoms with Crippen molar-refractivity contribution in [1.82, 2.24) is 14.8 Å². The second-order valence-corrected chi connectivity index (χ2v) is 3.22. The van der Waals surface area contributed by atoms with E-state index >= 15 is 0 Å². The molecule has 0 N–H and O–H groups in total. The maximum absolute atomic E-state index is 11.0. The van der Waals surface area contributed by atoms with E-state index in [4.69, 9.17) is 0 Å². The molecule has 0 fully saturated rings. The molecule has 0 saturated carbocycles. The lowest BCUT2D eigenvalue weighted by atomic mass is 10.2. The second kappa shape index (κ2) is 3.47. The van der Waals surface area contributed by atoms with E-state index in [1.807, 2.05) is 0 Å². The fraction of sp³-hybridized carbons (Fsp3) is 0.625. The van der Waals surface area contributed by atoms with Gasteiger partial charge in [-0.25, -0.2) is 9.67 Å². The van der Waals surface area contributed by atoms with Gasteiger partial charge in [-0.3, -0.25) is 4.79 Å². The molecule has 0 spiro atoms. The zero-order valence-corrected chi connectivity index (χ0v) is 7.61. The Kier molecular flexibility index (Phi) is 2.58. The first-order valence-corrected chi connectivity index (χ1v) is 4.00. The topological polar surface area (TPSA) is 47.8 Å². The molecule has 0 aliphatic heterocycles. The van der Waals surface area contributed by atoms with Crippen molar-refractivity contribution in [2.45, 2.75) is 27.3 Å². The summed E-state index contributed by atoms with van der Waals surface area (Å²) in [5.74, 6) is 0.890. The van der Waals surface area contributed by atoms with Crippen LogP contribution in [-0.4, -0.2) is 20.5 Å². The Balaban J connectivity index is 2.84. The van der Waals surface area contributed by atoms with Gasteiger partial charge in [-0.05, 0) is 5.92 Å². The van der Waals surface area contributed by atoms with E-state index in [-0.39, 0.29) is 5.78 Å². The summed E-state index contributed by atoms with van der Waals surface area (Å²) in [4.78, 5) is 14.9. The predicted molar refractivity (Wildman–Crippen MR) is 44.9 cm³/mol. The molecular weight excluding hydrogens is 154 g/mol. The third-order valence-electron chi connectivity index (χ3n) is 1.47. The lowest BCUT2D eigenvalue weighted by Crippen LogP contribution is -2.12. The Morgan fingerprint density at radius 1 is 1.67 bits per heavy atom. The van der Waals surface area contributed by atoms with Crippen LogP contribution >= 0.6 is 0 Å². The van der Waals surface area contributed by atoms with E-state index < -0.39 is 0 Å². The number of carbonyl (C=O) groups is 1. The Morgan fingerprint density at radius 2 is 2.33 bits per heavy atom. The minimum atomic E-state index is -0.0341. The quantitative estimate of drug-likeness (QED) is 0.634. The molecule has 1 heterocycles. The van der Waals surface area contributed by atoms with Crippen LogP contribution in [0.4, 0.5) is 0 Å². The molecular formula is C8H13N3O. The van der Waals surface area contributed by atoms with Gasteiger partial charge in [-0.15, -0.1) is 0 Å². The molecule has 0 saturated heterocycles. The Labute approximate surface area is 71.6 Å². The summed E-state index contributed by atoms with van der Waals surface area (Å²) in [5, 5.41) is 3.96. The summed E-state index contributed by atoms with van der Waals surface area (Å²) in [7, 11) is 0. The number of hydrogen-bond donors (Lipinski definition) is 0. The van der Waals surface area contributed by atoms with Gasteiger partial charge in [-0.2, -0.15) is 5.10 Å². The van der Waals surface area contributed by atoms with Gasteiger partial charge in [0, 0.05) is 13.5 Å². The van der Waals surface area contributed by atoms with Gasteiger partial charge in [0.25, 0.3) is 0 Å². The Bertz CT molecular complexity index is 278. The van der Waals surface area contributed by atoms with Gasteiger partial charge in [0.2, 0.25) is 0 Å². The van der Waals surface area contributed by atoms with Gasteiger partial charge in [0.05, 0.1) is 0 Å². The molecule has 12 heavy (non-hydrogen) atoms. The van der Waals surface area contributed by atoms with Crippen molar-refractivity contribution in [2.24, 2.45) is 5.92 Å². The van der Waals surface area contributed by atoms with Gasteiger partial charge in [0.15, 0.2) is 11.6 Å². The first kappa shape index (κ1) is 8.90. The molecule has 0 radical (unpaired) electrons. The molecule has 66 valence electrons. The molecule has 0 amide bonds. The van der Waals surface area contributed by atoms with E-state index in [0.717, 1.165) is 6.54 Å². The summed E-state index contributed by atoms with van der Waals surface area (Å²) in [6, 6.07) is 0. The number of aromatic nitrogens is 3.